The number of amides is 1. The molecule has 1 aromatic rings. The molecule has 0 aliphatic heterocycles. The van der Waals surface area contributed by atoms with E-state index in [9.17, 15) is 18.0 Å². The molecule has 4 bridgehead atoms. The SMILES string of the molecule is Cc1ccccc1S(=O)(=O)N(C)C(C)(C)C(=O)CC1C2CC3CC1CC(C(N)=O)(C3)C2. The fourth-order valence-electron chi connectivity index (χ4n) is 6.70. The lowest BCUT2D eigenvalue weighted by molar-refractivity contribution is -0.152. The van der Waals surface area contributed by atoms with Gasteiger partial charge in [-0.2, -0.15) is 4.31 Å². The third-order valence-electron chi connectivity index (χ3n) is 8.61. The highest BCUT2D eigenvalue weighted by Gasteiger charge is 2.58. The third-order valence-corrected chi connectivity index (χ3v) is 10.8. The topological polar surface area (TPSA) is 97.5 Å². The highest BCUT2D eigenvalue weighted by atomic mass is 32.2. The molecule has 5 rings (SSSR count). The van der Waals surface area contributed by atoms with Gasteiger partial charge >= 0.3 is 0 Å². The van der Waals surface area contributed by atoms with Crippen molar-refractivity contribution in [1.29, 1.82) is 0 Å². The number of carbonyl (C=O) groups excluding carboxylic acids is 2. The number of rotatable bonds is 7. The van der Waals surface area contributed by atoms with Gasteiger partial charge in [-0.05, 0) is 88.2 Å². The summed E-state index contributed by atoms with van der Waals surface area (Å²) in [6.45, 7) is 5.16. The highest BCUT2D eigenvalue weighted by molar-refractivity contribution is 7.89. The second-order valence-electron chi connectivity index (χ2n) is 10.7. The number of primary amides is 1. The summed E-state index contributed by atoms with van der Waals surface area (Å²) in [6.07, 6.45) is 4.94. The van der Waals surface area contributed by atoms with E-state index >= 15 is 0 Å². The molecule has 7 heteroatoms. The van der Waals surface area contributed by atoms with Crippen LogP contribution in [0.4, 0.5) is 0 Å². The minimum atomic E-state index is -3.80. The van der Waals surface area contributed by atoms with Crippen molar-refractivity contribution >= 4 is 21.7 Å². The summed E-state index contributed by atoms with van der Waals surface area (Å²) >= 11 is 0. The molecule has 4 fully saturated rings. The number of carbonyl (C=O) groups is 2. The summed E-state index contributed by atoms with van der Waals surface area (Å²) < 4.78 is 27.8. The van der Waals surface area contributed by atoms with Gasteiger partial charge < -0.3 is 5.73 Å². The molecular weight excluding hydrogens is 412 g/mol. The smallest absolute Gasteiger partial charge is 0.243 e. The van der Waals surface area contributed by atoms with E-state index in [1.54, 1.807) is 45.0 Å². The molecule has 31 heavy (non-hydrogen) atoms. The Morgan fingerprint density at radius 2 is 1.71 bits per heavy atom. The van der Waals surface area contributed by atoms with Gasteiger partial charge in [0.05, 0.1) is 10.4 Å². The number of benzene rings is 1. The second kappa shape index (κ2) is 7.41. The molecule has 4 saturated carbocycles. The monoisotopic (exact) mass is 446 g/mol. The van der Waals surface area contributed by atoms with Gasteiger partial charge in [-0.15, -0.1) is 0 Å². The van der Waals surface area contributed by atoms with Crippen molar-refractivity contribution in [2.24, 2.45) is 34.8 Å². The molecule has 170 valence electrons. The first-order valence-electron chi connectivity index (χ1n) is 11.3. The first-order chi connectivity index (χ1) is 14.4. The summed E-state index contributed by atoms with van der Waals surface area (Å²) in [5, 5.41) is 0. The van der Waals surface area contributed by atoms with Crippen molar-refractivity contribution in [3.63, 3.8) is 0 Å². The summed E-state index contributed by atoms with van der Waals surface area (Å²) in [5.74, 6) is 1.17. The van der Waals surface area contributed by atoms with Crippen LogP contribution in [0.3, 0.4) is 0 Å². The van der Waals surface area contributed by atoms with E-state index in [2.05, 4.69) is 0 Å². The molecule has 2 N–H and O–H groups in total. The van der Waals surface area contributed by atoms with Gasteiger partial charge in [0.15, 0.2) is 5.78 Å². The molecule has 4 aliphatic carbocycles. The lowest BCUT2D eigenvalue weighted by atomic mass is 9.45. The van der Waals surface area contributed by atoms with Crippen LogP contribution in [0.5, 0.6) is 0 Å². The molecule has 2 unspecified atom stereocenters. The molecule has 0 radical (unpaired) electrons. The minimum absolute atomic E-state index is 0.0576. The van der Waals surface area contributed by atoms with E-state index in [1.165, 1.54) is 11.4 Å². The van der Waals surface area contributed by atoms with Gasteiger partial charge in [-0.1, -0.05) is 18.2 Å². The van der Waals surface area contributed by atoms with Crippen LogP contribution in [-0.2, 0) is 19.6 Å². The molecule has 0 heterocycles. The maximum Gasteiger partial charge on any atom is 0.243 e. The highest BCUT2D eigenvalue weighted by Crippen LogP contribution is 2.63. The Kier molecular flexibility index (Phi) is 5.37. The number of ketones is 1. The van der Waals surface area contributed by atoms with Gasteiger partial charge in [0, 0.05) is 18.9 Å². The Morgan fingerprint density at radius 1 is 1.13 bits per heavy atom. The maximum atomic E-state index is 13.5. The van der Waals surface area contributed by atoms with Gasteiger partial charge in [0.2, 0.25) is 15.9 Å². The number of hydrogen-bond donors (Lipinski definition) is 1. The van der Waals surface area contributed by atoms with Gasteiger partial charge in [-0.25, -0.2) is 8.42 Å². The van der Waals surface area contributed by atoms with Crippen molar-refractivity contribution in [2.45, 2.75) is 69.7 Å². The van der Waals surface area contributed by atoms with E-state index in [0.717, 1.165) is 32.1 Å². The predicted octanol–water partition coefficient (Wildman–Crippen LogP) is 3.28. The lowest BCUT2D eigenvalue weighted by Crippen LogP contribution is -2.57. The average molecular weight is 447 g/mol. The van der Waals surface area contributed by atoms with Crippen molar-refractivity contribution in [1.82, 2.24) is 4.31 Å². The molecule has 1 aromatic carbocycles. The Balaban J connectivity index is 1.53. The number of nitrogens with two attached hydrogens (primary N) is 1. The zero-order valence-corrected chi connectivity index (χ0v) is 19.7. The first kappa shape index (κ1) is 22.5. The van der Waals surface area contributed by atoms with Crippen molar-refractivity contribution in [3.8, 4) is 0 Å². The van der Waals surface area contributed by atoms with E-state index < -0.39 is 15.6 Å². The minimum Gasteiger partial charge on any atom is -0.369 e. The molecule has 0 aromatic heterocycles. The standard InChI is InChI=1S/C24H34N2O4S/c1-15-7-5-6-8-20(15)31(29,30)26(4)23(2,3)21(27)11-19-17-9-16-10-18(19)14-24(12-16,13-17)22(25)28/h5-8,16-19H,9-14H2,1-4H3,(H2,25,28). The van der Waals surface area contributed by atoms with Crippen molar-refractivity contribution in [2.75, 3.05) is 7.05 Å². The molecule has 0 saturated heterocycles. The molecule has 6 nitrogen and oxygen atoms in total. The second-order valence-corrected chi connectivity index (χ2v) is 12.6. The number of sulfonamides is 1. The number of likely N-dealkylation sites (N-methyl/N-ethyl adjacent to an activating group) is 1. The number of hydrogen-bond acceptors (Lipinski definition) is 4. The van der Waals surface area contributed by atoms with Crippen LogP contribution in [0.25, 0.3) is 0 Å². The summed E-state index contributed by atoms with van der Waals surface area (Å²) in [5.41, 5.74) is 4.91. The normalized spacial score (nSPS) is 32.4. The van der Waals surface area contributed by atoms with Gasteiger partial charge in [-0.3, -0.25) is 9.59 Å². The Labute approximate surface area is 185 Å². The summed E-state index contributed by atoms with van der Waals surface area (Å²) in [6, 6.07) is 6.85. The third kappa shape index (κ3) is 3.54. The number of nitrogens with zero attached hydrogens (tertiary/aromatic N) is 1. The molecule has 1 amide bonds. The van der Waals surface area contributed by atoms with Gasteiger partial charge in [0.1, 0.15) is 0 Å². The Bertz CT molecular complexity index is 1000. The lowest BCUT2D eigenvalue weighted by Gasteiger charge is -2.59. The molecular formula is C24H34N2O4S. The summed E-state index contributed by atoms with van der Waals surface area (Å²) in [7, 11) is -2.30. The quantitative estimate of drug-likeness (QED) is 0.695. The van der Waals surface area contributed by atoms with Crippen LogP contribution in [0, 0.1) is 36.0 Å². The van der Waals surface area contributed by atoms with Crippen molar-refractivity contribution < 1.29 is 18.0 Å². The van der Waals surface area contributed by atoms with Crippen LogP contribution in [-0.4, -0.2) is 37.0 Å². The largest absolute Gasteiger partial charge is 0.369 e. The van der Waals surface area contributed by atoms with Crippen LogP contribution in [0.15, 0.2) is 29.2 Å². The predicted molar refractivity (Wildman–Crippen MR) is 119 cm³/mol. The van der Waals surface area contributed by atoms with Crippen molar-refractivity contribution in [3.05, 3.63) is 29.8 Å². The fourth-order valence-corrected chi connectivity index (χ4v) is 8.42. The molecule has 0 spiro atoms. The zero-order valence-electron chi connectivity index (χ0n) is 18.9. The molecule has 4 aliphatic rings. The number of Topliss-reactive ketones (excluding diaryl/α,β-unsaturated/α-hetero) is 1. The van der Waals surface area contributed by atoms with Crippen LogP contribution in [0.1, 0.15) is 57.9 Å². The van der Waals surface area contributed by atoms with Crippen LogP contribution in [0.2, 0.25) is 0 Å². The van der Waals surface area contributed by atoms with Gasteiger partial charge in [0.25, 0.3) is 0 Å². The van der Waals surface area contributed by atoms with Crippen LogP contribution >= 0.6 is 0 Å². The van der Waals surface area contributed by atoms with E-state index in [4.69, 9.17) is 5.73 Å². The first-order valence-corrected chi connectivity index (χ1v) is 12.7. The van der Waals surface area contributed by atoms with Crippen LogP contribution < -0.4 is 5.73 Å². The Morgan fingerprint density at radius 3 is 2.26 bits per heavy atom. The zero-order chi connectivity index (χ0) is 22.8. The molecule has 2 atom stereocenters. The average Bonchev–Trinajstić information content (AvgIpc) is 2.69. The maximum absolute atomic E-state index is 13.5. The van der Waals surface area contributed by atoms with E-state index in [1.807, 2.05) is 0 Å². The van der Waals surface area contributed by atoms with E-state index in [-0.39, 0.29) is 27.9 Å². The van der Waals surface area contributed by atoms with E-state index in [0.29, 0.717) is 29.7 Å². The summed E-state index contributed by atoms with van der Waals surface area (Å²) in [4.78, 5) is 25.9. The fraction of sp³-hybridized carbons (Fsp3) is 0.667. The number of aryl methyl sites for hydroxylation is 1. The Hall–Kier alpha value is -1.73.